The van der Waals surface area contributed by atoms with E-state index in [1.807, 2.05) is 0 Å². The normalized spacial score (nSPS) is 28.6. The Kier molecular flexibility index (Phi) is 3.75. The largest absolute Gasteiger partial charge is 0.310 e. The minimum Gasteiger partial charge on any atom is -0.310 e. The van der Waals surface area contributed by atoms with E-state index in [9.17, 15) is 0 Å². The van der Waals surface area contributed by atoms with Crippen LogP contribution < -0.4 is 5.32 Å². The van der Waals surface area contributed by atoms with Crippen LogP contribution >= 0.6 is 0 Å². The van der Waals surface area contributed by atoms with Crippen molar-refractivity contribution in [2.24, 2.45) is 17.8 Å². The highest BCUT2D eigenvalue weighted by Crippen LogP contribution is 2.45. The molecule has 98 valence electrons. The summed E-state index contributed by atoms with van der Waals surface area (Å²) >= 11 is 0. The smallest absolute Gasteiger partial charge is 0.0126 e. The van der Waals surface area contributed by atoms with Gasteiger partial charge in [-0.15, -0.1) is 0 Å². The molecule has 3 rings (SSSR count). The van der Waals surface area contributed by atoms with E-state index in [0.717, 1.165) is 29.8 Å². The molecule has 1 nitrogen and oxygen atoms in total. The van der Waals surface area contributed by atoms with Crippen LogP contribution in [-0.4, -0.2) is 12.1 Å². The summed E-state index contributed by atoms with van der Waals surface area (Å²) in [5.41, 5.74) is 0. The van der Waals surface area contributed by atoms with E-state index in [0.29, 0.717) is 0 Å². The van der Waals surface area contributed by atoms with Gasteiger partial charge in [-0.05, 0) is 62.7 Å². The second kappa shape index (κ2) is 5.30. The quantitative estimate of drug-likeness (QED) is 0.730. The van der Waals surface area contributed by atoms with Crippen LogP contribution in [0.3, 0.4) is 0 Å². The van der Waals surface area contributed by atoms with Gasteiger partial charge in [-0.2, -0.15) is 0 Å². The van der Waals surface area contributed by atoms with Gasteiger partial charge >= 0.3 is 0 Å². The van der Waals surface area contributed by atoms with Crippen LogP contribution in [0.5, 0.6) is 0 Å². The molecule has 0 aromatic heterocycles. The summed E-state index contributed by atoms with van der Waals surface area (Å²) in [5.74, 6) is 3.11. The van der Waals surface area contributed by atoms with Gasteiger partial charge in [0.25, 0.3) is 0 Å². The van der Waals surface area contributed by atoms with Crippen LogP contribution in [0.4, 0.5) is 0 Å². The lowest BCUT2D eigenvalue weighted by molar-refractivity contribution is 0.229. The maximum absolute atomic E-state index is 4.10. The first-order valence-electron chi connectivity index (χ1n) is 8.14. The first kappa shape index (κ1) is 12.0. The first-order chi connectivity index (χ1) is 8.38. The fourth-order valence-electron chi connectivity index (χ4n) is 3.94. The third kappa shape index (κ3) is 3.05. The van der Waals surface area contributed by atoms with Gasteiger partial charge in [-0.25, -0.2) is 0 Å². The Bertz CT molecular complexity index is 224. The van der Waals surface area contributed by atoms with Crippen LogP contribution in [0.15, 0.2) is 0 Å². The molecule has 17 heavy (non-hydrogen) atoms. The molecule has 1 N–H and O–H groups in total. The van der Waals surface area contributed by atoms with Crippen LogP contribution in [-0.2, 0) is 0 Å². The van der Waals surface area contributed by atoms with Crippen molar-refractivity contribution in [3.05, 3.63) is 0 Å². The molecule has 3 aliphatic rings. The van der Waals surface area contributed by atoms with Gasteiger partial charge in [0, 0.05) is 12.1 Å². The van der Waals surface area contributed by atoms with Gasteiger partial charge in [0.1, 0.15) is 0 Å². The van der Waals surface area contributed by atoms with E-state index in [2.05, 4.69) is 12.2 Å². The lowest BCUT2D eigenvalue weighted by Gasteiger charge is -2.34. The lowest BCUT2D eigenvalue weighted by Crippen LogP contribution is -2.45. The van der Waals surface area contributed by atoms with Crippen molar-refractivity contribution in [1.82, 2.24) is 5.32 Å². The van der Waals surface area contributed by atoms with Crippen molar-refractivity contribution in [3.8, 4) is 0 Å². The Morgan fingerprint density at radius 3 is 1.88 bits per heavy atom. The predicted molar refractivity (Wildman–Crippen MR) is 73.0 cm³/mol. The van der Waals surface area contributed by atoms with E-state index in [1.165, 1.54) is 64.2 Å². The molecule has 0 aliphatic heterocycles. The van der Waals surface area contributed by atoms with E-state index in [-0.39, 0.29) is 0 Å². The van der Waals surface area contributed by atoms with E-state index in [1.54, 1.807) is 0 Å². The molecule has 3 aliphatic carbocycles. The van der Waals surface area contributed by atoms with Crippen LogP contribution in [0.25, 0.3) is 0 Å². The Morgan fingerprint density at radius 1 is 0.824 bits per heavy atom. The van der Waals surface area contributed by atoms with E-state index < -0.39 is 0 Å². The molecule has 0 radical (unpaired) electrons. The second-order valence-electron chi connectivity index (χ2n) is 6.78. The molecule has 0 aromatic carbocycles. The third-order valence-corrected chi connectivity index (χ3v) is 5.32. The standard InChI is InChI=1S/C16H29N/c1-2-15(12-6-4-3-5-7-12)17-16(13-8-9-13)14-10-11-14/h12-17H,2-11H2,1H3. The second-order valence-corrected chi connectivity index (χ2v) is 6.78. The number of hydrogen-bond acceptors (Lipinski definition) is 1. The fourth-order valence-corrected chi connectivity index (χ4v) is 3.94. The van der Waals surface area contributed by atoms with Gasteiger partial charge in [0.15, 0.2) is 0 Å². The third-order valence-electron chi connectivity index (χ3n) is 5.32. The molecular formula is C16H29N. The van der Waals surface area contributed by atoms with Crippen LogP contribution in [0, 0.1) is 17.8 Å². The SMILES string of the molecule is CCC(NC(C1CC1)C1CC1)C1CCCCC1. The number of rotatable bonds is 6. The fraction of sp³-hybridized carbons (Fsp3) is 1.00. The Balaban J connectivity index is 1.55. The average molecular weight is 235 g/mol. The highest BCUT2D eigenvalue weighted by molar-refractivity contribution is 4.98. The van der Waals surface area contributed by atoms with Gasteiger partial charge in [-0.1, -0.05) is 26.2 Å². The van der Waals surface area contributed by atoms with E-state index in [4.69, 9.17) is 0 Å². The minimum absolute atomic E-state index is 0.835. The molecule has 3 fully saturated rings. The van der Waals surface area contributed by atoms with E-state index >= 15 is 0 Å². The lowest BCUT2D eigenvalue weighted by atomic mass is 9.82. The molecule has 1 heteroatoms. The molecule has 1 unspecified atom stereocenters. The van der Waals surface area contributed by atoms with Gasteiger partial charge in [0.2, 0.25) is 0 Å². The molecule has 0 spiro atoms. The van der Waals surface area contributed by atoms with Gasteiger partial charge in [0.05, 0.1) is 0 Å². The predicted octanol–water partition coefficient (Wildman–Crippen LogP) is 4.12. The highest BCUT2D eigenvalue weighted by atomic mass is 15.0. The molecule has 3 saturated carbocycles. The summed E-state index contributed by atoms with van der Waals surface area (Å²) in [5, 5.41) is 4.10. The molecule has 0 heterocycles. The molecule has 1 atom stereocenters. The van der Waals surface area contributed by atoms with Crippen molar-refractivity contribution in [2.75, 3.05) is 0 Å². The summed E-state index contributed by atoms with van der Waals surface area (Å²) in [6.07, 6.45) is 14.8. The van der Waals surface area contributed by atoms with Gasteiger partial charge in [-0.3, -0.25) is 0 Å². The zero-order chi connectivity index (χ0) is 11.7. The summed E-state index contributed by atoms with van der Waals surface area (Å²) < 4.78 is 0. The highest BCUT2D eigenvalue weighted by Gasteiger charge is 2.42. The van der Waals surface area contributed by atoms with Gasteiger partial charge < -0.3 is 5.32 Å². The number of nitrogens with one attached hydrogen (secondary N) is 1. The van der Waals surface area contributed by atoms with Crippen LogP contribution in [0.1, 0.15) is 71.1 Å². The molecule has 0 aromatic rings. The summed E-state index contributed by atoms with van der Waals surface area (Å²) in [6.45, 7) is 2.39. The van der Waals surface area contributed by atoms with Crippen molar-refractivity contribution >= 4 is 0 Å². The van der Waals surface area contributed by atoms with Crippen molar-refractivity contribution in [1.29, 1.82) is 0 Å². The zero-order valence-corrected chi connectivity index (χ0v) is 11.5. The Labute approximate surface area is 107 Å². The summed E-state index contributed by atoms with van der Waals surface area (Å²) in [7, 11) is 0. The minimum atomic E-state index is 0.835. The maximum Gasteiger partial charge on any atom is 0.0126 e. The Morgan fingerprint density at radius 2 is 1.41 bits per heavy atom. The first-order valence-corrected chi connectivity index (χ1v) is 8.14. The molecule has 0 bridgehead atoms. The number of hydrogen-bond donors (Lipinski definition) is 1. The summed E-state index contributed by atoms with van der Waals surface area (Å²) in [4.78, 5) is 0. The molecular weight excluding hydrogens is 206 g/mol. The topological polar surface area (TPSA) is 12.0 Å². The summed E-state index contributed by atoms with van der Waals surface area (Å²) in [6, 6.07) is 1.74. The Hall–Kier alpha value is -0.0400. The molecule has 0 amide bonds. The molecule has 0 saturated heterocycles. The maximum atomic E-state index is 4.10. The zero-order valence-electron chi connectivity index (χ0n) is 11.5. The van der Waals surface area contributed by atoms with Crippen molar-refractivity contribution in [2.45, 2.75) is 83.2 Å². The van der Waals surface area contributed by atoms with Crippen molar-refractivity contribution < 1.29 is 0 Å². The van der Waals surface area contributed by atoms with Crippen LogP contribution in [0.2, 0.25) is 0 Å². The van der Waals surface area contributed by atoms with Crippen molar-refractivity contribution in [3.63, 3.8) is 0 Å². The average Bonchev–Trinajstić information content (AvgIpc) is 3.25. The monoisotopic (exact) mass is 235 g/mol.